The SMILES string of the molecule is COC(=O)c1ccc2nc(CN3CCC4(c5cccc(OCc6ccc(C#N)cc6F)n5)CC4C3)n(C[C@@H]3CCO3)c2c1. The molecule has 2 aliphatic heterocycles. The third-order valence-corrected chi connectivity index (χ3v) is 9.17. The predicted molar refractivity (Wildman–Crippen MR) is 155 cm³/mol. The van der Waals surface area contributed by atoms with Crippen molar-refractivity contribution in [3.8, 4) is 11.9 Å². The van der Waals surface area contributed by atoms with Crippen LogP contribution in [0.15, 0.2) is 54.6 Å². The van der Waals surface area contributed by atoms with Gasteiger partial charge in [-0.25, -0.2) is 19.2 Å². The number of nitrogens with zero attached hydrogens (tertiary/aromatic N) is 5. The lowest BCUT2D eigenvalue weighted by atomic mass is 9.91. The van der Waals surface area contributed by atoms with Crippen LogP contribution in [0.2, 0.25) is 0 Å². The maximum absolute atomic E-state index is 14.3. The molecule has 0 amide bonds. The quantitative estimate of drug-likeness (QED) is 0.261. The Morgan fingerprint density at radius 1 is 1.21 bits per heavy atom. The Bertz CT molecular complexity index is 1750. The molecule has 2 aromatic heterocycles. The predicted octanol–water partition coefficient (Wildman–Crippen LogP) is 4.76. The zero-order valence-electron chi connectivity index (χ0n) is 24.0. The number of esters is 1. The molecule has 2 aromatic carbocycles. The van der Waals surface area contributed by atoms with E-state index in [0.717, 1.165) is 61.5 Å². The number of piperidine rings is 1. The van der Waals surface area contributed by atoms with Crippen molar-refractivity contribution >= 4 is 17.0 Å². The maximum atomic E-state index is 14.3. The number of rotatable bonds is 9. The van der Waals surface area contributed by atoms with Gasteiger partial charge in [-0.15, -0.1) is 0 Å². The highest BCUT2D eigenvalue weighted by Gasteiger charge is 2.58. The van der Waals surface area contributed by atoms with Gasteiger partial charge in [-0.2, -0.15) is 5.26 Å². The van der Waals surface area contributed by atoms with Gasteiger partial charge in [0, 0.05) is 30.2 Å². The normalized spacial score (nSPS) is 22.8. The number of fused-ring (bicyclic) bond motifs is 2. The summed E-state index contributed by atoms with van der Waals surface area (Å²) in [7, 11) is 1.39. The standard InChI is InChI=1S/C33H32FN5O4/c1-41-32(40)22-7-8-27-28(14-22)39(18-25-9-12-42-25)30(36-27)19-38-11-10-33(15-24(33)17-38)29-3-2-4-31(37-29)43-20-23-6-5-21(16-35)13-26(23)34/h2-8,13-14,24-25H,9-12,15,17-20H2,1H3/t24?,25-,33?/m0/s1. The number of carbonyl (C=O) groups is 1. The van der Waals surface area contributed by atoms with E-state index in [0.29, 0.717) is 36.0 Å². The van der Waals surface area contributed by atoms with Crippen molar-refractivity contribution in [2.45, 2.75) is 50.5 Å². The number of aromatic nitrogens is 3. The van der Waals surface area contributed by atoms with Crippen LogP contribution in [0, 0.1) is 23.1 Å². The van der Waals surface area contributed by atoms with Gasteiger partial charge in [-0.05, 0) is 68.1 Å². The molecule has 0 bridgehead atoms. The van der Waals surface area contributed by atoms with Gasteiger partial charge in [0.25, 0.3) is 0 Å². The fourth-order valence-electron chi connectivity index (χ4n) is 6.50. The lowest BCUT2D eigenvalue weighted by Crippen LogP contribution is -2.37. The van der Waals surface area contributed by atoms with E-state index in [1.165, 1.54) is 13.2 Å². The van der Waals surface area contributed by atoms with Gasteiger partial charge in [0.05, 0.1) is 60.2 Å². The van der Waals surface area contributed by atoms with Gasteiger partial charge < -0.3 is 18.8 Å². The van der Waals surface area contributed by atoms with E-state index < -0.39 is 5.82 Å². The largest absolute Gasteiger partial charge is 0.473 e. The first kappa shape index (κ1) is 27.5. The molecule has 3 fully saturated rings. The molecule has 3 atom stereocenters. The topological polar surface area (TPSA) is 102 Å². The fraction of sp³-hybridized carbons (Fsp3) is 0.394. The Balaban J connectivity index is 1.04. The van der Waals surface area contributed by atoms with E-state index in [9.17, 15) is 9.18 Å². The number of nitriles is 1. The number of hydrogen-bond acceptors (Lipinski definition) is 8. The summed E-state index contributed by atoms with van der Waals surface area (Å²) in [4.78, 5) is 24.5. The summed E-state index contributed by atoms with van der Waals surface area (Å²) in [6.45, 7) is 4.11. The Morgan fingerprint density at radius 3 is 2.84 bits per heavy atom. The van der Waals surface area contributed by atoms with Crippen LogP contribution in [-0.4, -0.2) is 58.3 Å². The Kier molecular flexibility index (Phi) is 7.07. The van der Waals surface area contributed by atoms with Crippen molar-refractivity contribution in [3.05, 3.63) is 88.6 Å². The number of benzene rings is 2. The zero-order valence-corrected chi connectivity index (χ0v) is 24.0. The highest BCUT2D eigenvalue weighted by Crippen LogP contribution is 2.59. The molecule has 0 spiro atoms. The molecule has 2 saturated heterocycles. The molecule has 10 heteroatoms. The van der Waals surface area contributed by atoms with E-state index >= 15 is 0 Å². The van der Waals surface area contributed by atoms with Crippen molar-refractivity contribution in [1.82, 2.24) is 19.4 Å². The molecule has 1 saturated carbocycles. The Labute approximate surface area is 248 Å². The molecule has 43 heavy (non-hydrogen) atoms. The first-order chi connectivity index (χ1) is 21.0. The Morgan fingerprint density at radius 2 is 2.09 bits per heavy atom. The summed E-state index contributed by atoms with van der Waals surface area (Å²) in [5, 5.41) is 8.97. The number of halogens is 1. The number of likely N-dealkylation sites (tertiary alicyclic amines) is 1. The lowest BCUT2D eigenvalue weighted by molar-refractivity contribution is -0.0592. The van der Waals surface area contributed by atoms with E-state index in [4.69, 9.17) is 29.4 Å². The highest BCUT2D eigenvalue weighted by molar-refractivity contribution is 5.93. The third kappa shape index (κ3) is 5.24. The fourth-order valence-corrected chi connectivity index (χ4v) is 6.50. The Hall–Kier alpha value is -4.33. The molecule has 2 unspecified atom stereocenters. The minimum Gasteiger partial charge on any atom is -0.473 e. The third-order valence-electron chi connectivity index (χ3n) is 9.17. The molecule has 0 radical (unpaired) electrons. The van der Waals surface area contributed by atoms with Crippen LogP contribution in [0.3, 0.4) is 0 Å². The number of hydrogen-bond donors (Lipinski definition) is 0. The first-order valence-corrected chi connectivity index (χ1v) is 14.7. The monoisotopic (exact) mass is 581 g/mol. The average molecular weight is 582 g/mol. The van der Waals surface area contributed by atoms with E-state index in [2.05, 4.69) is 15.5 Å². The number of ether oxygens (including phenoxy) is 3. The van der Waals surface area contributed by atoms with E-state index in [1.807, 2.05) is 24.3 Å². The summed E-state index contributed by atoms with van der Waals surface area (Å²) in [6, 6.07) is 17.7. The van der Waals surface area contributed by atoms with Crippen LogP contribution < -0.4 is 4.74 Å². The summed E-state index contributed by atoms with van der Waals surface area (Å²) >= 11 is 0. The molecule has 1 aliphatic carbocycles. The van der Waals surface area contributed by atoms with Crippen molar-refractivity contribution in [2.75, 3.05) is 26.8 Å². The zero-order chi connectivity index (χ0) is 29.6. The number of methoxy groups -OCH3 is 1. The van der Waals surface area contributed by atoms with Gasteiger partial charge in [0.2, 0.25) is 5.88 Å². The van der Waals surface area contributed by atoms with Crippen LogP contribution in [0.5, 0.6) is 5.88 Å². The second-order valence-electron chi connectivity index (χ2n) is 11.7. The van der Waals surface area contributed by atoms with Crippen LogP contribution in [-0.2, 0) is 34.6 Å². The summed E-state index contributed by atoms with van der Waals surface area (Å²) in [5.74, 6) is 1.12. The summed E-state index contributed by atoms with van der Waals surface area (Å²) in [6.07, 6.45) is 3.22. The molecule has 4 heterocycles. The minimum atomic E-state index is -0.457. The molecule has 9 nitrogen and oxygen atoms in total. The van der Waals surface area contributed by atoms with Crippen molar-refractivity contribution in [3.63, 3.8) is 0 Å². The van der Waals surface area contributed by atoms with Gasteiger partial charge in [0.15, 0.2) is 0 Å². The minimum absolute atomic E-state index is 0.0326. The first-order valence-electron chi connectivity index (χ1n) is 14.7. The second kappa shape index (κ2) is 11.1. The summed E-state index contributed by atoms with van der Waals surface area (Å²) < 4.78 is 33.1. The van der Waals surface area contributed by atoms with Crippen LogP contribution in [0.1, 0.15) is 52.3 Å². The molecule has 220 valence electrons. The molecular formula is C33H32FN5O4. The van der Waals surface area contributed by atoms with Gasteiger partial charge in [0.1, 0.15) is 18.2 Å². The van der Waals surface area contributed by atoms with Crippen LogP contribution in [0.4, 0.5) is 4.39 Å². The molecule has 0 N–H and O–H groups in total. The van der Waals surface area contributed by atoms with Crippen LogP contribution in [0.25, 0.3) is 11.0 Å². The smallest absolute Gasteiger partial charge is 0.337 e. The van der Waals surface area contributed by atoms with Crippen molar-refractivity contribution in [1.29, 1.82) is 5.26 Å². The lowest BCUT2D eigenvalue weighted by Gasteiger charge is -2.32. The van der Waals surface area contributed by atoms with Crippen molar-refractivity contribution in [2.24, 2.45) is 5.92 Å². The molecule has 3 aliphatic rings. The average Bonchev–Trinajstić information content (AvgIpc) is 3.65. The van der Waals surface area contributed by atoms with E-state index in [-0.39, 0.29) is 29.7 Å². The molecular weight excluding hydrogens is 549 g/mol. The molecule has 4 aromatic rings. The van der Waals surface area contributed by atoms with Gasteiger partial charge in [-0.1, -0.05) is 12.1 Å². The summed E-state index contributed by atoms with van der Waals surface area (Å²) in [5.41, 5.74) is 4.03. The molecule has 7 rings (SSSR count). The van der Waals surface area contributed by atoms with Crippen LogP contribution >= 0.6 is 0 Å². The number of carbonyl (C=O) groups excluding carboxylic acids is 1. The second-order valence-corrected chi connectivity index (χ2v) is 11.7. The number of imidazole rings is 1. The van der Waals surface area contributed by atoms with Gasteiger partial charge in [-0.3, -0.25) is 4.90 Å². The van der Waals surface area contributed by atoms with Crippen molar-refractivity contribution < 1.29 is 23.4 Å². The maximum Gasteiger partial charge on any atom is 0.337 e. The highest BCUT2D eigenvalue weighted by atomic mass is 19.1. The number of pyridine rings is 1. The van der Waals surface area contributed by atoms with E-state index in [1.54, 1.807) is 24.3 Å². The van der Waals surface area contributed by atoms with Gasteiger partial charge >= 0.3 is 5.97 Å².